The number of nitrogens with zero attached hydrogens (tertiary/aromatic N) is 1. The average Bonchev–Trinajstić information content (AvgIpc) is 2.33. The van der Waals surface area contributed by atoms with Gasteiger partial charge in [-0.3, -0.25) is 0 Å². The van der Waals surface area contributed by atoms with Crippen LogP contribution in [0.25, 0.3) is 0 Å². The fraction of sp³-hybridized carbons (Fsp3) is 0.917. The number of carboxylic acid groups (broad SMARTS) is 1. The van der Waals surface area contributed by atoms with Crippen molar-refractivity contribution in [1.82, 2.24) is 10.2 Å². The average molecular weight is 241 g/mol. The van der Waals surface area contributed by atoms with Crippen LogP contribution >= 0.6 is 0 Å². The Labute approximate surface area is 102 Å². The van der Waals surface area contributed by atoms with Crippen molar-refractivity contribution in [2.75, 3.05) is 13.1 Å². The number of rotatable bonds is 2. The number of carbonyl (C=O) groups is 1. The zero-order valence-corrected chi connectivity index (χ0v) is 10.3. The molecule has 2 aliphatic rings. The molecule has 0 radical (unpaired) electrons. The molecule has 4 N–H and O–H groups in total. The van der Waals surface area contributed by atoms with Crippen molar-refractivity contribution < 1.29 is 9.90 Å². The lowest BCUT2D eigenvalue weighted by atomic mass is 9.89. The molecule has 0 unspecified atom stereocenters. The van der Waals surface area contributed by atoms with Gasteiger partial charge in [0, 0.05) is 31.2 Å². The minimum Gasteiger partial charge on any atom is -0.465 e. The predicted molar refractivity (Wildman–Crippen MR) is 66.0 cm³/mol. The maximum atomic E-state index is 10.8. The van der Waals surface area contributed by atoms with Crippen molar-refractivity contribution in [2.45, 2.75) is 56.7 Å². The number of likely N-dealkylation sites (tertiary alicyclic amines) is 1. The molecule has 2 fully saturated rings. The van der Waals surface area contributed by atoms with Gasteiger partial charge in [-0.25, -0.2) is 4.79 Å². The van der Waals surface area contributed by atoms with E-state index >= 15 is 0 Å². The number of hydrogen-bond acceptors (Lipinski definition) is 3. The highest BCUT2D eigenvalue weighted by Gasteiger charge is 2.27. The lowest BCUT2D eigenvalue weighted by Crippen LogP contribution is -2.53. The van der Waals surface area contributed by atoms with Gasteiger partial charge in [-0.1, -0.05) is 12.8 Å². The molecule has 0 aromatic carbocycles. The molecule has 1 aliphatic carbocycles. The topological polar surface area (TPSA) is 78.6 Å². The summed E-state index contributed by atoms with van der Waals surface area (Å²) in [5.74, 6) is 0. The molecule has 1 aliphatic heterocycles. The molecule has 5 nitrogen and oxygen atoms in total. The quantitative estimate of drug-likeness (QED) is 0.673. The van der Waals surface area contributed by atoms with Gasteiger partial charge < -0.3 is 21.1 Å². The van der Waals surface area contributed by atoms with Crippen LogP contribution in [0.15, 0.2) is 0 Å². The van der Waals surface area contributed by atoms with E-state index < -0.39 is 6.09 Å². The SMILES string of the molecule is N[C@H]1CCCC[C@@H]1NC1CCN(C(=O)O)CC1. The van der Waals surface area contributed by atoms with Crippen LogP contribution in [-0.2, 0) is 0 Å². The molecule has 0 aromatic rings. The molecule has 0 aromatic heterocycles. The Bertz CT molecular complexity index is 264. The Morgan fingerprint density at radius 2 is 1.82 bits per heavy atom. The third-order valence-corrected chi connectivity index (χ3v) is 4.03. The van der Waals surface area contributed by atoms with E-state index in [0.717, 1.165) is 19.3 Å². The Morgan fingerprint density at radius 1 is 1.18 bits per heavy atom. The normalized spacial score (nSPS) is 31.5. The highest BCUT2D eigenvalue weighted by Crippen LogP contribution is 2.19. The number of amides is 1. The third kappa shape index (κ3) is 3.33. The van der Waals surface area contributed by atoms with Gasteiger partial charge in [0.2, 0.25) is 0 Å². The van der Waals surface area contributed by atoms with Crippen LogP contribution in [0.1, 0.15) is 38.5 Å². The second-order valence-corrected chi connectivity index (χ2v) is 5.27. The van der Waals surface area contributed by atoms with Crippen LogP contribution in [0.5, 0.6) is 0 Å². The maximum absolute atomic E-state index is 10.8. The number of piperidine rings is 1. The smallest absolute Gasteiger partial charge is 0.407 e. The van der Waals surface area contributed by atoms with E-state index in [4.69, 9.17) is 10.8 Å². The zero-order chi connectivity index (χ0) is 12.3. The predicted octanol–water partition coefficient (Wildman–Crippen LogP) is 0.988. The first-order valence-electron chi connectivity index (χ1n) is 6.66. The van der Waals surface area contributed by atoms with Gasteiger partial charge >= 0.3 is 6.09 Å². The largest absolute Gasteiger partial charge is 0.465 e. The van der Waals surface area contributed by atoms with Gasteiger partial charge in [-0.05, 0) is 25.7 Å². The molecule has 5 heteroatoms. The van der Waals surface area contributed by atoms with Gasteiger partial charge in [-0.15, -0.1) is 0 Å². The Morgan fingerprint density at radius 3 is 2.41 bits per heavy atom. The van der Waals surface area contributed by atoms with Crippen molar-refractivity contribution in [3.05, 3.63) is 0 Å². The Kier molecular flexibility index (Phi) is 4.23. The second kappa shape index (κ2) is 5.69. The summed E-state index contributed by atoms with van der Waals surface area (Å²) in [6.45, 7) is 1.30. The monoisotopic (exact) mass is 241 g/mol. The molecule has 98 valence electrons. The minimum absolute atomic E-state index is 0.279. The van der Waals surface area contributed by atoms with Crippen LogP contribution in [0, 0.1) is 0 Å². The molecule has 2 atom stereocenters. The summed E-state index contributed by atoms with van der Waals surface area (Å²) in [6, 6.07) is 1.16. The van der Waals surface area contributed by atoms with E-state index in [-0.39, 0.29) is 6.04 Å². The minimum atomic E-state index is -0.794. The van der Waals surface area contributed by atoms with Crippen molar-refractivity contribution in [1.29, 1.82) is 0 Å². The Balaban J connectivity index is 1.75. The first kappa shape index (κ1) is 12.6. The zero-order valence-electron chi connectivity index (χ0n) is 10.3. The number of nitrogens with two attached hydrogens (primary N) is 1. The summed E-state index contributed by atoms with van der Waals surface area (Å²) in [6.07, 6.45) is 5.82. The lowest BCUT2D eigenvalue weighted by molar-refractivity contribution is 0.125. The second-order valence-electron chi connectivity index (χ2n) is 5.27. The molecule has 2 rings (SSSR count). The van der Waals surface area contributed by atoms with Gasteiger partial charge in [0.05, 0.1) is 0 Å². The fourth-order valence-electron chi connectivity index (χ4n) is 2.91. The van der Waals surface area contributed by atoms with E-state index in [1.54, 1.807) is 0 Å². The summed E-state index contributed by atoms with van der Waals surface area (Å²) in [4.78, 5) is 12.3. The summed E-state index contributed by atoms with van der Waals surface area (Å²) >= 11 is 0. The molecule has 1 saturated heterocycles. The number of nitrogens with one attached hydrogen (secondary N) is 1. The van der Waals surface area contributed by atoms with E-state index in [9.17, 15) is 4.79 Å². The summed E-state index contributed by atoms with van der Waals surface area (Å²) in [7, 11) is 0. The van der Waals surface area contributed by atoms with Gasteiger partial charge in [0.25, 0.3) is 0 Å². The Hall–Kier alpha value is -0.810. The third-order valence-electron chi connectivity index (χ3n) is 4.03. The van der Waals surface area contributed by atoms with Gasteiger partial charge in [0.15, 0.2) is 0 Å². The molecule has 1 saturated carbocycles. The summed E-state index contributed by atoms with van der Waals surface area (Å²) in [5, 5.41) is 12.5. The molecule has 0 bridgehead atoms. The summed E-state index contributed by atoms with van der Waals surface area (Å²) < 4.78 is 0. The van der Waals surface area contributed by atoms with Crippen molar-refractivity contribution >= 4 is 6.09 Å². The number of hydrogen-bond donors (Lipinski definition) is 3. The highest BCUT2D eigenvalue weighted by atomic mass is 16.4. The first-order valence-corrected chi connectivity index (χ1v) is 6.66. The van der Waals surface area contributed by atoms with Crippen LogP contribution in [0.3, 0.4) is 0 Å². The lowest BCUT2D eigenvalue weighted by Gasteiger charge is -2.36. The standard InChI is InChI=1S/C12H23N3O2/c13-10-3-1-2-4-11(10)14-9-5-7-15(8-6-9)12(16)17/h9-11,14H,1-8,13H2,(H,16,17)/t10-,11-/m0/s1. The maximum Gasteiger partial charge on any atom is 0.407 e. The van der Waals surface area contributed by atoms with Crippen LogP contribution in [-0.4, -0.2) is 47.3 Å². The van der Waals surface area contributed by atoms with Crippen molar-refractivity contribution in [3.8, 4) is 0 Å². The molecule has 1 heterocycles. The van der Waals surface area contributed by atoms with E-state index in [1.807, 2.05) is 0 Å². The van der Waals surface area contributed by atoms with Crippen molar-refractivity contribution in [2.24, 2.45) is 5.73 Å². The van der Waals surface area contributed by atoms with E-state index in [0.29, 0.717) is 25.2 Å². The van der Waals surface area contributed by atoms with E-state index in [1.165, 1.54) is 24.2 Å². The van der Waals surface area contributed by atoms with Crippen molar-refractivity contribution in [3.63, 3.8) is 0 Å². The fourth-order valence-corrected chi connectivity index (χ4v) is 2.91. The first-order chi connectivity index (χ1) is 8.16. The van der Waals surface area contributed by atoms with Crippen LogP contribution in [0.4, 0.5) is 4.79 Å². The van der Waals surface area contributed by atoms with E-state index in [2.05, 4.69) is 5.32 Å². The molecule has 0 spiro atoms. The molecule has 1 amide bonds. The summed E-state index contributed by atoms with van der Waals surface area (Å²) in [5.41, 5.74) is 6.10. The molecular weight excluding hydrogens is 218 g/mol. The molecular formula is C12H23N3O2. The highest BCUT2D eigenvalue weighted by molar-refractivity contribution is 5.65. The van der Waals surface area contributed by atoms with Gasteiger partial charge in [0.1, 0.15) is 0 Å². The van der Waals surface area contributed by atoms with Gasteiger partial charge in [-0.2, -0.15) is 0 Å². The molecule has 17 heavy (non-hydrogen) atoms. The van der Waals surface area contributed by atoms with Crippen LogP contribution in [0.2, 0.25) is 0 Å². The van der Waals surface area contributed by atoms with Crippen LogP contribution < -0.4 is 11.1 Å².